The Morgan fingerprint density at radius 1 is 1.14 bits per heavy atom. The SMILES string of the molecule is Cc1nn(-c2ccccc2)c(OC(=O)C(C)C)c1Sc1ccccc1[N+](=O)[O-]. The Labute approximate surface area is 166 Å². The maximum Gasteiger partial charge on any atom is 0.315 e. The molecule has 0 unspecified atom stereocenters. The van der Waals surface area contributed by atoms with E-state index in [2.05, 4.69) is 5.10 Å². The van der Waals surface area contributed by atoms with Crippen LogP contribution in [0, 0.1) is 23.0 Å². The fourth-order valence-electron chi connectivity index (χ4n) is 2.46. The van der Waals surface area contributed by atoms with Crippen LogP contribution >= 0.6 is 11.8 Å². The lowest BCUT2D eigenvalue weighted by molar-refractivity contribution is -0.387. The topological polar surface area (TPSA) is 87.3 Å². The number of aromatic nitrogens is 2. The minimum atomic E-state index is -0.431. The fourth-order valence-corrected chi connectivity index (χ4v) is 3.48. The summed E-state index contributed by atoms with van der Waals surface area (Å²) in [6.07, 6.45) is 0. The number of hydrogen-bond donors (Lipinski definition) is 0. The van der Waals surface area contributed by atoms with Crippen molar-refractivity contribution in [3.8, 4) is 11.6 Å². The Bertz CT molecular complexity index is 1020. The second-order valence-corrected chi connectivity index (χ2v) is 7.42. The first-order chi connectivity index (χ1) is 13.4. The van der Waals surface area contributed by atoms with Gasteiger partial charge in [-0.3, -0.25) is 14.9 Å². The zero-order valence-electron chi connectivity index (χ0n) is 15.7. The molecule has 7 nitrogen and oxygen atoms in total. The predicted octanol–water partition coefficient (Wildman–Crippen LogP) is 4.80. The minimum Gasteiger partial charge on any atom is -0.406 e. The van der Waals surface area contributed by atoms with Gasteiger partial charge in [-0.15, -0.1) is 0 Å². The molecule has 144 valence electrons. The molecule has 0 atom stereocenters. The van der Waals surface area contributed by atoms with Crippen LogP contribution in [0.5, 0.6) is 5.88 Å². The highest BCUT2D eigenvalue weighted by Crippen LogP contribution is 2.42. The molecular weight excluding hydrogens is 378 g/mol. The number of rotatable bonds is 6. The molecule has 2 aromatic carbocycles. The van der Waals surface area contributed by atoms with E-state index in [1.807, 2.05) is 30.3 Å². The summed E-state index contributed by atoms with van der Waals surface area (Å²) >= 11 is 1.16. The van der Waals surface area contributed by atoms with Gasteiger partial charge in [0.15, 0.2) is 0 Å². The van der Waals surface area contributed by atoms with Crippen LogP contribution in [0.25, 0.3) is 5.69 Å². The fraction of sp³-hybridized carbons (Fsp3) is 0.200. The third-order valence-corrected chi connectivity index (χ3v) is 5.15. The van der Waals surface area contributed by atoms with E-state index in [4.69, 9.17) is 4.74 Å². The van der Waals surface area contributed by atoms with Gasteiger partial charge < -0.3 is 4.74 Å². The third-order valence-electron chi connectivity index (χ3n) is 3.91. The molecule has 0 aliphatic rings. The van der Waals surface area contributed by atoms with Crippen LogP contribution in [0.4, 0.5) is 5.69 Å². The van der Waals surface area contributed by atoms with Crippen LogP contribution in [0.3, 0.4) is 0 Å². The van der Waals surface area contributed by atoms with Gasteiger partial charge >= 0.3 is 5.97 Å². The Hall–Kier alpha value is -3.13. The molecule has 1 heterocycles. The van der Waals surface area contributed by atoms with Gasteiger partial charge in [-0.05, 0) is 25.1 Å². The zero-order valence-corrected chi connectivity index (χ0v) is 16.5. The van der Waals surface area contributed by atoms with Gasteiger partial charge in [0, 0.05) is 6.07 Å². The average molecular weight is 397 g/mol. The highest BCUT2D eigenvalue weighted by Gasteiger charge is 2.25. The molecule has 0 aliphatic heterocycles. The molecule has 0 N–H and O–H groups in total. The summed E-state index contributed by atoms with van der Waals surface area (Å²) in [5.74, 6) is -0.476. The van der Waals surface area contributed by atoms with Crippen molar-refractivity contribution in [3.05, 3.63) is 70.4 Å². The van der Waals surface area contributed by atoms with Crippen LogP contribution in [0.2, 0.25) is 0 Å². The molecule has 0 bridgehead atoms. The summed E-state index contributed by atoms with van der Waals surface area (Å²) in [7, 11) is 0. The molecule has 28 heavy (non-hydrogen) atoms. The number of carbonyl (C=O) groups is 1. The summed E-state index contributed by atoms with van der Waals surface area (Å²) in [6, 6.07) is 15.7. The molecule has 0 saturated carbocycles. The highest BCUT2D eigenvalue weighted by molar-refractivity contribution is 7.99. The van der Waals surface area contributed by atoms with E-state index in [1.165, 1.54) is 6.07 Å². The van der Waals surface area contributed by atoms with Gasteiger partial charge in [-0.2, -0.15) is 9.78 Å². The second kappa shape index (κ2) is 8.26. The van der Waals surface area contributed by atoms with Crippen LogP contribution < -0.4 is 4.74 Å². The van der Waals surface area contributed by atoms with Crippen molar-refractivity contribution in [2.75, 3.05) is 0 Å². The first-order valence-electron chi connectivity index (χ1n) is 8.66. The van der Waals surface area contributed by atoms with Crippen molar-refractivity contribution < 1.29 is 14.5 Å². The van der Waals surface area contributed by atoms with E-state index < -0.39 is 10.9 Å². The smallest absolute Gasteiger partial charge is 0.315 e. The molecule has 0 amide bonds. The van der Waals surface area contributed by atoms with Crippen molar-refractivity contribution in [2.45, 2.75) is 30.6 Å². The van der Waals surface area contributed by atoms with Gasteiger partial charge in [-0.1, -0.05) is 55.9 Å². The van der Waals surface area contributed by atoms with E-state index in [1.54, 1.807) is 43.7 Å². The number of ether oxygens (including phenoxy) is 1. The number of nitro benzene ring substituents is 1. The second-order valence-electron chi connectivity index (χ2n) is 6.37. The number of hydrogen-bond acceptors (Lipinski definition) is 6. The molecule has 0 saturated heterocycles. The van der Waals surface area contributed by atoms with Gasteiger partial charge in [-0.25, -0.2) is 0 Å². The van der Waals surface area contributed by atoms with E-state index in [9.17, 15) is 14.9 Å². The molecule has 3 rings (SSSR count). The summed E-state index contributed by atoms with van der Waals surface area (Å²) in [5.41, 5.74) is 1.32. The summed E-state index contributed by atoms with van der Waals surface area (Å²) in [5, 5.41) is 15.9. The number of nitrogens with zero attached hydrogens (tertiary/aromatic N) is 3. The number of nitro groups is 1. The number of benzene rings is 2. The van der Waals surface area contributed by atoms with Crippen LogP contribution in [-0.2, 0) is 4.79 Å². The largest absolute Gasteiger partial charge is 0.406 e. The molecule has 0 fully saturated rings. The van der Waals surface area contributed by atoms with Crippen molar-refractivity contribution in [2.24, 2.45) is 5.92 Å². The average Bonchev–Trinajstić information content (AvgIpc) is 2.98. The summed E-state index contributed by atoms with van der Waals surface area (Å²) < 4.78 is 7.21. The van der Waals surface area contributed by atoms with Gasteiger partial charge in [0.05, 0.1) is 32.0 Å². The zero-order chi connectivity index (χ0) is 20.3. The molecule has 0 aliphatic carbocycles. The standard InChI is InChI=1S/C20H19N3O4S/c1-13(2)20(24)27-19-18(28-17-12-8-7-11-16(17)23(25)26)14(3)21-22(19)15-9-5-4-6-10-15/h4-13H,1-3H3. The first-order valence-corrected chi connectivity index (χ1v) is 9.48. The van der Waals surface area contributed by atoms with Crippen molar-refractivity contribution in [3.63, 3.8) is 0 Å². The Morgan fingerprint density at radius 2 is 1.79 bits per heavy atom. The predicted molar refractivity (Wildman–Crippen MR) is 106 cm³/mol. The minimum absolute atomic E-state index is 0.0134. The van der Waals surface area contributed by atoms with E-state index >= 15 is 0 Å². The summed E-state index contributed by atoms with van der Waals surface area (Å²) in [6.45, 7) is 5.27. The molecule has 8 heteroatoms. The number of aryl methyl sites for hydroxylation is 1. The maximum absolute atomic E-state index is 12.3. The number of esters is 1. The molecule has 3 aromatic rings. The molecule has 1 aromatic heterocycles. The normalized spacial score (nSPS) is 10.9. The Balaban J connectivity index is 2.12. The maximum atomic E-state index is 12.3. The molecular formula is C20H19N3O4S. The van der Waals surface area contributed by atoms with Crippen LogP contribution in [-0.4, -0.2) is 20.7 Å². The summed E-state index contributed by atoms with van der Waals surface area (Å²) in [4.78, 5) is 24.2. The number of carbonyl (C=O) groups excluding carboxylic acids is 1. The third kappa shape index (κ3) is 4.07. The molecule has 0 radical (unpaired) electrons. The number of para-hydroxylation sites is 2. The quantitative estimate of drug-likeness (QED) is 0.337. The van der Waals surface area contributed by atoms with E-state index in [0.717, 1.165) is 17.4 Å². The Kier molecular flexibility index (Phi) is 5.79. The lowest BCUT2D eigenvalue weighted by atomic mass is 10.2. The lowest BCUT2D eigenvalue weighted by Crippen LogP contribution is -2.17. The lowest BCUT2D eigenvalue weighted by Gasteiger charge is -2.11. The first kappa shape index (κ1) is 19.6. The van der Waals surface area contributed by atoms with Crippen molar-refractivity contribution >= 4 is 23.4 Å². The van der Waals surface area contributed by atoms with E-state index in [-0.39, 0.29) is 17.5 Å². The van der Waals surface area contributed by atoms with Crippen LogP contribution in [0.1, 0.15) is 19.5 Å². The Morgan fingerprint density at radius 3 is 2.43 bits per heavy atom. The molecule has 0 spiro atoms. The highest BCUT2D eigenvalue weighted by atomic mass is 32.2. The van der Waals surface area contributed by atoms with Gasteiger partial charge in [0.1, 0.15) is 0 Å². The van der Waals surface area contributed by atoms with Crippen LogP contribution in [0.15, 0.2) is 64.4 Å². The van der Waals surface area contributed by atoms with Crippen molar-refractivity contribution in [1.82, 2.24) is 9.78 Å². The van der Waals surface area contributed by atoms with Crippen molar-refractivity contribution in [1.29, 1.82) is 0 Å². The monoisotopic (exact) mass is 397 g/mol. The van der Waals surface area contributed by atoms with E-state index in [0.29, 0.717) is 15.5 Å². The van der Waals surface area contributed by atoms with Gasteiger partial charge in [0.25, 0.3) is 5.69 Å². The van der Waals surface area contributed by atoms with Gasteiger partial charge in [0.2, 0.25) is 5.88 Å².